The van der Waals surface area contributed by atoms with Gasteiger partial charge in [0.1, 0.15) is 17.3 Å². The average Bonchev–Trinajstić information content (AvgIpc) is 3.74. The maximum absolute atomic E-state index is 13.6. The Morgan fingerprint density at radius 1 is 0.397 bits per heavy atom. The molecule has 0 unspecified atom stereocenters. The van der Waals surface area contributed by atoms with Gasteiger partial charge in [-0.15, -0.1) is 0 Å². The molecule has 0 spiro atoms. The van der Waals surface area contributed by atoms with Crippen molar-refractivity contribution in [2.24, 2.45) is 0 Å². The maximum Gasteiger partial charge on any atom is 0.147 e. The van der Waals surface area contributed by atoms with Crippen LogP contribution in [0.4, 0.5) is 8.78 Å². The first-order valence-corrected chi connectivity index (χ1v) is 21.2. The maximum atomic E-state index is 13.6. The van der Waals surface area contributed by atoms with E-state index >= 15 is 0 Å². The van der Waals surface area contributed by atoms with Gasteiger partial charge in [0.05, 0.1) is 33.5 Å². The minimum absolute atomic E-state index is 0.261. The quantitative estimate of drug-likeness (QED) is 0.129. The summed E-state index contributed by atoms with van der Waals surface area (Å²) in [5, 5.41) is 2.09. The second-order valence-electron chi connectivity index (χ2n) is 16.1. The number of nitrogens with zero attached hydrogens (tertiary/aromatic N) is 5. The predicted molar refractivity (Wildman–Crippen MR) is 250 cm³/mol. The largest absolute Gasteiger partial charge is 0.292 e. The van der Waals surface area contributed by atoms with E-state index in [1.165, 1.54) is 35.4 Å². The fourth-order valence-corrected chi connectivity index (χ4v) is 8.81. The van der Waals surface area contributed by atoms with Crippen molar-refractivity contribution in [2.75, 3.05) is 0 Å². The second kappa shape index (κ2) is 16.2. The molecule has 0 bridgehead atoms. The van der Waals surface area contributed by atoms with Crippen LogP contribution in [0.1, 0.15) is 22.3 Å². The standard InChI is InChI=1S/C56H39F2N5/c57-44-23-19-40(20-24-44)50-27-17-36(33-59-50)13-15-38-29-39(16-14-37-18-28-51(60-34-37)41-21-25-45(58)26-22-41)31-42(30-38)46-7-1-2-8-47(46)43-32-49-55(61-35-43)48-9-3-5-11-53(48)63-54-12-6-4-10-52(54)62-56(49)63/h1-12,17-35H,13-16H2. The molecule has 0 aliphatic heterocycles. The van der Waals surface area contributed by atoms with E-state index in [0.29, 0.717) is 0 Å². The Labute approximate surface area is 363 Å². The van der Waals surface area contributed by atoms with E-state index in [9.17, 15) is 8.78 Å². The smallest absolute Gasteiger partial charge is 0.147 e. The van der Waals surface area contributed by atoms with Crippen LogP contribution in [0.5, 0.6) is 0 Å². The highest BCUT2D eigenvalue weighted by Crippen LogP contribution is 2.38. The van der Waals surface area contributed by atoms with Crippen LogP contribution in [0.3, 0.4) is 0 Å². The van der Waals surface area contributed by atoms with Gasteiger partial charge in [-0.1, -0.05) is 84.9 Å². The summed E-state index contributed by atoms with van der Waals surface area (Å²) in [7, 11) is 0. The van der Waals surface area contributed by atoms with Crippen molar-refractivity contribution in [3.05, 3.63) is 222 Å². The highest BCUT2D eigenvalue weighted by molar-refractivity contribution is 6.13. The van der Waals surface area contributed by atoms with E-state index in [1.54, 1.807) is 24.3 Å². The van der Waals surface area contributed by atoms with Gasteiger partial charge in [-0.05, 0) is 150 Å². The number of benzene rings is 6. The molecule has 0 amide bonds. The molecule has 0 aliphatic carbocycles. The highest BCUT2D eigenvalue weighted by atomic mass is 19.1. The Hall–Kier alpha value is -7.90. The van der Waals surface area contributed by atoms with Crippen molar-refractivity contribution in [1.29, 1.82) is 0 Å². The van der Waals surface area contributed by atoms with Crippen molar-refractivity contribution in [1.82, 2.24) is 24.3 Å². The van der Waals surface area contributed by atoms with Crippen LogP contribution in [-0.4, -0.2) is 24.3 Å². The van der Waals surface area contributed by atoms with Crippen molar-refractivity contribution in [3.63, 3.8) is 0 Å². The summed E-state index contributed by atoms with van der Waals surface area (Å²) in [6.45, 7) is 0. The monoisotopic (exact) mass is 819 g/mol. The minimum atomic E-state index is -0.261. The lowest BCUT2D eigenvalue weighted by Crippen LogP contribution is -1.99. The number of para-hydroxylation sites is 3. The molecule has 5 nitrogen and oxygen atoms in total. The lowest BCUT2D eigenvalue weighted by Gasteiger charge is -2.15. The van der Waals surface area contributed by atoms with Gasteiger partial charge in [-0.2, -0.15) is 0 Å². The zero-order valence-corrected chi connectivity index (χ0v) is 34.2. The average molecular weight is 820 g/mol. The van der Waals surface area contributed by atoms with Crippen LogP contribution in [0.15, 0.2) is 188 Å². The lowest BCUT2D eigenvalue weighted by atomic mass is 9.90. The second-order valence-corrected chi connectivity index (χ2v) is 16.1. The van der Waals surface area contributed by atoms with Gasteiger partial charge < -0.3 is 0 Å². The molecule has 0 atom stereocenters. The molecule has 11 rings (SSSR count). The Morgan fingerprint density at radius 3 is 1.54 bits per heavy atom. The molecule has 6 aromatic carbocycles. The van der Waals surface area contributed by atoms with Crippen LogP contribution in [-0.2, 0) is 25.7 Å². The Morgan fingerprint density at radius 2 is 0.937 bits per heavy atom. The number of hydrogen-bond acceptors (Lipinski definition) is 4. The molecule has 11 aromatic rings. The van der Waals surface area contributed by atoms with Gasteiger partial charge in [-0.3, -0.25) is 19.4 Å². The summed E-state index contributed by atoms with van der Waals surface area (Å²) in [4.78, 5) is 19.8. The van der Waals surface area contributed by atoms with E-state index in [1.807, 2.05) is 36.8 Å². The number of halogens is 2. The molecular weight excluding hydrogens is 781 g/mol. The molecule has 0 saturated carbocycles. The molecule has 5 heterocycles. The predicted octanol–water partition coefficient (Wildman–Crippen LogP) is 13.5. The minimum Gasteiger partial charge on any atom is -0.292 e. The molecule has 0 fully saturated rings. The summed E-state index contributed by atoms with van der Waals surface area (Å²) in [6, 6.07) is 55.7. The van der Waals surface area contributed by atoms with Gasteiger partial charge >= 0.3 is 0 Å². The van der Waals surface area contributed by atoms with Gasteiger partial charge in [0, 0.05) is 46.1 Å². The number of rotatable bonds is 10. The van der Waals surface area contributed by atoms with Crippen molar-refractivity contribution in [2.45, 2.75) is 25.7 Å². The number of imidazole rings is 1. The fourth-order valence-electron chi connectivity index (χ4n) is 8.81. The summed E-state index contributed by atoms with van der Waals surface area (Å²) >= 11 is 0. The van der Waals surface area contributed by atoms with E-state index in [2.05, 4.69) is 108 Å². The Kier molecular flexibility index (Phi) is 9.77. The van der Waals surface area contributed by atoms with Gasteiger partial charge in [-0.25, -0.2) is 13.8 Å². The molecule has 302 valence electrons. The molecule has 7 heteroatoms. The number of aryl methyl sites for hydroxylation is 4. The van der Waals surface area contributed by atoms with Crippen LogP contribution in [0.25, 0.3) is 83.3 Å². The zero-order chi connectivity index (χ0) is 42.3. The number of hydrogen-bond donors (Lipinski definition) is 0. The highest BCUT2D eigenvalue weighted by Gasteiger charge is 2.17. The fraction of sp³-hybridized carbons (Fsp3) is 0.0714. The Balaban J connectivity index is 0.956. The summed E-state index contributed by atoms with van der Waals surface area (Å²) in [5.41, 5.74) is 17.4. The first-order valence-electron chi connectivity index (χ1n) is 21.2. The number of aromatic nitrogens is 5. The first kappa shape index (κ1) is 38.1. The van der Waals surface area contributed by atoms with Crippen LogP contribution in [0, 0.1) is 11.6 Å². The van der Waals surface area contributed by atoms with Gasteiger partial charge in [0.25, 0.3) is 0 Å². The van der Waals surface area contributed by atoms with Crippen LogP contribution < -0.4 is 0 Å². The third kappa shape index (κ3) is 7.48. The third-order valence-corrected chi connectivity index (χ3v) is 12.0. The Bertz CT molecular complexity index is 3340. The molecule has 63 heavy (non-hydrogen) atoms. The molecular formula is C56H39F2N5. The normalized spacial score (nSPS) is 11.6. The van der Waals surface area contributed by atoms with Gasteiger partial charge in [0.15, 0.2) is 0 Å². The summed E-state index contributed by atoms with van der Waals surface area (Å²) in [5.74, 6) is -0.522. The van der Waals surface area contributed by atoms with Crippen LogP contribution >= 0.6 is 0 Å². The molecule has 0 saturated heterocycles. The summed E-state index contributed by atoms with van der Waals surface area (Å²) < 4.78 is 29.4. The van der Waals surface area contributed by atoms with E-state index in [-0.39, 0.29) is 11.6 Å². The van der Waals surface area contributed by atoms with Crippen molar-refractivity contribution >= 4 is 38.5 Å². The topological polar surface area (TPSA) is 56.0 Å². The zero-order valence-electron chi connectivity index (χ0n) is 34.2. The van der Waals surface area contributed by atoms with Crippen LogP contribution in [0.2, 0.25) is 0 Å². The SMILES string of the molecule is Fc1ccc(-c2ccc(CCc3cc(CCc4ccc(-c5ccc(F)cc5)nc4)cc(-c4ccccc4-c4cnc5c6ccccc6n6c7ccccc7nc6c5c4)c3)cn2)cc1. The van der Waals surface area contributed by atoms with Crippen molar-refractivity contribution in [3.8, 4) is 44.8 Å². The third-order valence-electron chi connectivity index (χ3n) is 12.0. The van der Waals surface area contributed by atoms with E-state index < -0.39 is 0 Å². The molecule has 5 aromatic heterocycles. The number of fused-ring (bicyclic) bond motifs is 8. The van der Waals surface area contributed by atoms with Crippen molar-refractivity contribution < 1.29 is 8.78 Å². The summed E-state index contributed by atoms with van der Waals surface area (Å²) in [6.07, 6.45) is 9.13. The first-order chi connectivity index (χ1) is 31.0. The number of pyridine rings is 4. The van der Waals surface area contributed by atoms with Gasteiger partial charge in [0.2, 0.25) is 0 Å². The molecule has 0 radical (unpaired) electrons. The lowest BCUT2D eigenvalue weighted by molar-refractivity contribution is 0.627. The molecule has 0 aliphatic rings. The van der Waals surface area contributed by atoms with E-state index in [4.69, 9.17) is 19.9 Å². The van der Waals surface area contributed by atoms with E-state index in [0.717, 1.165) is 120 Å². The molecule has 0 N–H and O–H groups in total.